The van der Waals surface area contributed by atoms with Gasteiger partial charge in [0.05, 0.1) is 16.3 Å². The number of hydrogen-bond acceptors (Lipinski definition) is 3. The number of aromatic amines is 1. The van der Waals surface area contributed by atoms with Gasteiger partial charge in [0.2, 0.25) is 0 Å². The lowest BCUT2D eigenvalue weighted by atomic mass is 9.60. The van der Waals surface area contributed by atoms with E-state index in [1.165, 1.54) is 25.7 Å². The van der Waals surface area contributed by atoms with Crippen LogP contribution in [0.15, 0.2) is 4.47 Å². The molecule has 1 spiro atoms. The Morgan fingerprint density at radius 2 is 2.12 bits per heavy atom. The quantitative estimate of drug-likeness (QED) is 0.812. The molecule has 1 aromatic heterocycles. The number of rotatable bonds is 5. The highest BCUT2D eigenvalue weighted by molar-refractivity contribution is 9.10. The summed E-state index contributed by atoms with van der Waals surface area (Å²) in [5, 5.41) is 7.28. The first-order chi connectivity index (χ1) is 11.4. The lowest BCUT2D eigenvalue weighted by Crippen LogP contribution is -2.64. The molecule has 1 N–H and O–H groups in total. The van der Waals surface area contributed by atoms with Gasteiger partial charge in [-0.05, 0) is 48.0 Å². The monoisotopic (exact) mass is 397 g/mol. The van der Waals surface area contributed by atoms with Crippen LogP contribution < -0.4 is 0 Å². The molecule has 2 saturated carbocycles. The molecule has 1 amide bonds. The summed E-state index contributed by atoms with van der Waals surface area (Å²) in [7, 11) is 1.92. The summed E-state index contributed by atoms with van der Waals surface area (Å²) in [4.78, 5) is 14.9. The molecule has 1 aromatic rings. The molecule has 1 heterocycles. The maximum Gasteiger partial charge on any atom is 0.275 e. The fourth-order valence-electron chi connectivity index (χ4n) is 4.57. The summed E-state index contributed by atoms with van der Waals surface area (Å²) >= 11 is 3.56. The zero-order chi connectivity index (χ0) is 17.5. The van der Waals surface area contributed by atoms with Gasteiger partial charge in [-0.25, -0.2) is 0 Å². The number of nitrogens with zero attached hydrogens (tertiary/aromatic N) is 2. The number of hydrogen-bond donors (Lipinski definition) is 1. The summed E-state index contributed by atoms with van der Waals surface area (Å²) in [6.07, 6.45) is 6.06. The summed E-state index contributed by atoms with van der Waals surface area (Å²) < 4.78 is 6.77. The molecule has 5 nitrogen and oxygen atoms in total. The van der Waals surface area contributed by atoms with Gasteiger partial charge < -0.3 is 9.64 Å². The predicted molar refractivity (Wildman–Crippen MR) is 97.2 cm³/mol. The molecule has 2 fully saturated rings. The van der Waals surface area contributed by atoms with Crippen LogP contribution in [-0.2, 0) is 4.74 Å². The normalized spacial score (nSPS) is 25.2. The van der Waals surface area contributed by atoms with Gasteiger partial charge in [0.25, 0.3) is 5.91 Å². The minimum Gasteiger partial charge on any atom is -0.378 e. The van der Waals surface area contributed by atoms with Gasteiger partial charge in [0.1, 0.15) is 0 Å². The lowest BCUT2D eigenvalue weighted by molar-refractivity contribution is -0.152. The van der Waals surface area contributed by atoms with Crippen LogP contribution >= 0.6 is 15.9 Å². The van der Waals surface area contributed by atoms with Crippen molar-refractivity contribution >= 4 is 21.8 Å². The Hall–Kier alpha value is -0.880. The third-order valence-corrected chi connectivity index (χ3v) is 6.75. The molecule has 0 bridgehead atoms. The molecule has 24 heavy (non-hydrogen) atoms. The minimum absolute atomic E-state index is 0.00347. The summed E-state index contributed by atoms with van der Waals surface area (Å²) in [5.41, 5.74) is 1.63. The zero-order valence-corrected chi connectivity index (χ0v) is 16.6. The molecule has 0 aliphatic heterocycles. The van der Waals surface area contributed by atoms with Gasteiger partial charge in [-0.2, -0.15) is 5.10 Å². The molecule has 6 heteroatoms. The Morgan fingerprint density at radius 3 is 2.67 bits per heavy atom. The topological polar surface area (TPSA) is 58.2 Å². The molecule has 2 aliphatic rings. The molecular weight excluding hydrogens is 370 g/mol. The molecule has 2 atom stereocenters. The first-order valence-electron chi connectivity index (χ1n) is 9.05. The highest BCUT2D eigenvalue weighted by atomic mass is 79.9. The van der Waals surface area contributed by atoms with Crippen molar-refractivity contribution in [1.82, 2.24) is 15.1 Å². The van der Waals surface area contributed by atoms with Crippen LogP contribution in [0.2, 0.25) is 0 Å². The van der Waals surface area contributed by atoms with Crippen molar-refractivity contribution < 1.29 is 9.53 Å². The third kappa shape index (κ3) is 2.71. The number of nitrogens with one attached hydrogen (secondary N) is 1. The molecular formula is C18H28BrN3O2. The van der Waals surface area contributed by atoms with Crippen molar-refractivity contribution in [3.05, 3.63) is 15.9 Å². The third-order valence-electron chi connectivity index (χ3n) is 5.94. The van der Waals surface area contributed by atoms with Crippen molar-refractivity contribution in [1.29, 1.82) is 0 Å². The minimum atomic E-state index is -0.00347. The van der Waals surface area contributed by atoms with E-state index < -0.39 is 0 Å². The molecule has 134 valence electrons. The van der Waals surface area contributed by atoms with Crippen LogP contribution in [0, 0.1) is 5.41 Å². The summed E-state index contributed by atoms with van der Waals surface area (Å²) in [6.45, 7) is 6.98. The predicted octanol–water partition coefficient (Wildman–Crippen LogP) is 4.11. The lowest BCUT2D eigenvalue weighted by Gasteiger charge is -2.56. The van der Waals surface area contributed by atoms with Crippen molar-refractivity contribution in [3.63, 3.8) is 0 Å². The Balaban J connectivity index is 1.79. The number of H-pyrrole nitrogens is 1. The van der Waals surface area contributed by atoms with Gasteiger partial charge in [-0.3, -0.25) is 9.89 Å². The highest BCUT2D eigenvalue weighted by Crippen LogP contribution is 2.56. The second-order valence-electron chi connectivity index (χ2n) is 7.51. The number of aromatic nitrogens is 2. The van der Waals surface area contributed by atoms with Crippen molar-refractivity contribution in [2.45, 2.75) is 70.9 Å². The van der Waals surface area contributed by atoms with Crippen LogP contribution in [0.3, 0.4) is 0 Å². The Bertz CT molecular complexity index is 607. The molecule has 0 saturated heterocycles. The standard InChI is InChI=1S/C18H28BrN3O2/c1-5-24-13-10-12(18(13)8-6-7-9-18)22(4)17(23)16-14(19)15(11(2)3)20-21-16/h11-13H,5-10H2,1-4H3,(H,20,21)/t12-,13+/m0/s1. The van der Waals surface area contributed by atoms with Crippen molar-refractivity contribution in [2.75, 3.05) is 13.7 Å². The second kappa shape index (κ2) is 6.79. The maximum absolute atomic E-state index is 13.0. The van der Waals surface area contributed by atoms with E-state index in [9.17, 15) is 4.79 Å². The second-order valence-corrected chi connectivity index (χ2v) is 8.30. The van der Waals surface area contributed by atoms with Crippen LogP contribution in [0.4, 0.5) is 0 Å². The SMILES string of the molecule is CCO[C@@H]1C[C@H](N(C)C(=O)c2n[nH]c(C(C)C)c2Br)C12CCCC2. The smallest absolute Gasteiger partial charge is 0.275 e. The van der Waals surface area contributed by atoms with Crippen LogP contribution in [-0.4, -0.2) is 46.8 Å². The molecule has 0 aromatic carbocycles. The van der Waals surface area contributed by atoms with Crippen LogP contribution in [0.1, 0.15) is 75.0 Å². The number of carbonyl (C=O) groups is 1. The maximum atomic E-state index is 13.0. The summed E-state index contributed by atoms with van der Waals surface area (Å²) in [5.74, 6) is 0.294. The van der Waals surface area contributed by atoms with Gasteiger partial charge >= 0.3 is 0 Å². The Labute approximate surface area is 152 Å². The van der Waals surface area contributed by atoms with Gasteiger partial charge in [0, 0.05) is 25.1 Å². The fraction of sp³-hybridized carbons (Fsp3) is 0.778. The van der Waals surface area contributed by atoms with E-state index in [4.69, 9.17) is 4.74 Å². The van der Waals surface area contributed by atoms with Crippen molar-refractivity contribution in [2.24, 2.45) is 5.41 Å². The number of ether oxygens (including phenoxy) is 1. The van der Waals surface area contributed by atoms with E-state index in [0.717, 1.165) is 23.2 Å². The largest absolute Gasteiger partial charge is 0.378 e. The molecule has 0 radical (unpaired) electrons. The average molecular weight is 398 g/mol. The average Bonchev–Trinajstić information content (AvgIpc) is 3.18. The molecule has 0 unspecified atom stereocenters. The van der Waals surface area contributed by atoms with E-state index in [1.807, 2.05) is 11.9 Å². The fourth-order valence-corrected chi connectivity index (χ4v) is 5.37. The van der Waals surface area contributed by atoms with Crippen LogP contribution in [0.5, 0.6) is 0 Å². The van der Waals surface area contributed by atoms with E-state index in [0.29, 0.717) is 17.7 Å². The summed E-state index contributed by atoms with van der Waals surface area (Å²) in [6, 6.07) is 0.259. The van der Waals surface area contributed by atoms with E-state index in [2.05, 4.69) is 46.9 Å². The molecule has 2 aliphatic carbocycles. The van der Waals surface area contributed by atoms with Gasteiger partial charge in [-0.1, -0.05) is 26.7 Å². The Kier molecular flexibility index (Phi) is 5.07. The van der Waals surface area contributed by atoms with Gasteiger partial charge in [0.15, 0.2) is 5.69 Å². The van der Waals surface area contributed by atoms with E-state index in [-0.39, 0.29) is 17.4 Å². The number of amides is 1. The number of halogens is 1. The van der Waals surface area contributed by atoms with Crippen LogP contribution in [0.25, 0.3) is 0 Å². The van der Waals surface area contributed by atoms with Crippen molar-refractivity contribution in [3.8, 4) is 0 Å². The Morgan fingerprint density at radius 1 is 1.46 bits per heavy atom. The first kappa shape index (κ1) is 17.9. The molecule has 3 rings (SSSR count). The number of carbonyl (C=O) groups excluding carboxylic acids is 1. The highest BCUT2D eigenvalue weighted by Gasteiger charge is 2.59. The van der Waals surface area contributed by atoms with E-state index >= 15 is 0 Å². The first-order valence-corrected chi connectivity index (χ1v) is 9.84. The van der Waals surface area contributed by atoms with Gasteiger partial charge in [-0.15, -0.1) is 0 Å². The van der Waals surface area contributed by atoms with E-state index in [1.54, 1.807) is 0 Å². The zero-order valence-electron chi connectivity index (χ0n) is 15.1.